The topological polar surface area (TPSA) is 111 Å². The Morgan fingerprint density at radius 2 is 1.91 bits per heavy atom. The largest absolute Gasteiger partial charge is 0.353 e. The van der Waals surface area contributed by atoms with Crippen LogP contribution >= 0.6 is 11.3 Å². The quantitative estimate of drug-likeness (QED) is 0.409. The highest BCUT2D eigenvalue weighted by atomic mass is 32.1. The number of amides is 2. The average molecular weight is 491 g/mol. The first-order valence-corrected chi connectivity index (χ1v) is 12.4. The maximum atomic E-state index is 12.0. The van der Waals surface area contributed by atoms with Gasteiger partial charge >= 0.3 is 6.03 Å². The van der Waals surface area contributed by atoms with Crippen molar-refractivity contribution in [1.29, 1.82) is 0 Å². The molecule has 35 heavy (non-hydrogen) atoms. The number of fused-ring (bicyclic) bond motifs is 1. The predicted molar refractivity (Wildman–Crippen MR) is 135 cm³/mol. The van der Waals surface area contributed by atoms with Crippen LogP contribution in [0.5, 0.6) is 0 Å². The van der Waals surface area contributed by atoms with Gasteiger partial charge in [-0.3, -0.25) is 10.3 Å². The lowest BCUT2D eigenvalue weighted by molar-refractivity contribution is -0.190. The minimum absolute atomic E-state index is 0.153. The number of carbonyl (C=O) groups excluding carboxylic acids is 1. The number of aromatic nitrogens is 4. The van der Waals surface area contributed by atoms with Crippen LogP contribution in [0.2, 0.25) is 0 Å². The number of anilines is 1. The van der Waals surface area contributed by atoms with Gasteiger partial charge in [0.15, 0.2) is 11.4 Å². The highest BCUT2D eigenvalue weighted by Crippen LogP contribution is 2.38. The Kier molecular flexibility index (Phi) is 6.94. The summed E-state index contributed by atoms with van der Waals surface area (Å²) < 4.78 is 12.1. The van der Waals surface area contributed by atoms with Crippen LogP contribution in [-0.2, 0) is 15.9 Å². The molecule has 0 aliphatic carbocycles. The summed E-state index contributed by atoms with van der Waals surface area (Å²) in [6.45, 7) is 5.60. The Labute approximate surface area is 207 Å². The highest BCUT2D eigenvalue weighted by Gasteiger charge is 2.21. The van der Waals surface area contributed by atoms with Crippen LogP contribution in [0.4, 0.5) is 9.93 Å². The molecular formula is C25H26N6O3S. The molecule has 5 rings (SSSR count). The number of ether oxygens (including phenoxy) is 2. The van der Waals surface area contributed by atoms with E-state index in [-0.39, 0.29) is 18.2 Å². The zero-order valence-corrected chi connectivity index (χ0v) is 20.3. The summed E-state index contributed by atoms with van der Waals surface area (Å²) in [6, 6.07) is 9.58. The maximum absolute atomic E-state index is 12.0. The average Bonchev–Trinajstić information content (AvgIpc) is 3.28. The fraction of sp³-hybridized carbons (Fsp3) is 0.320. The van der Waals surface area contributed by atoms with E-state index in [1.165, 1.54) is 11.3 Å². The molecule has 180 valence electrons. The van der Waals surface area contributed by atoms with Crippen LogP contribution in [-0.4, -0.2) is 52.0 Å². The van der Waals surface area contributed by atoms with Gasteiger partial charge in [-0.15, -0.1) is 0 Å². The second-order valence-electron chi connectivity index (χ2n) is 8.28. The second-order valence-corrected chi connectivity index (χ2v) is 9.28. The van der Waals surface area contributed by atoms with Gasteiger partial charge < -0.3 is 14.8 Å². The van der Waals surface area contributed by atoms with E-state index in [0.29, 0.717) is 31.3 Å². The molecule has 0 saturated carbocycles. The molecule has 10 heteroatoms. The van der Waals surface area contributed by atoms with Gasteiger partial charge in [0.2, 0.25) is 0 Å². The van der Waals surface area contributed by atoms with Gasteiger partial charge in [-0.1, -0.05) is 17.4 Å². The van der Waals surface area contributed by atoms with Gasteiger partial charge in [0.05, 0.1) is 29.1 Å². The SMILES string of the molecule is CCNC(=O)Nc1nc2cc(-c3cnc(CC4COC(C)OC4)nc3)cc(-c3ccccn3)c2s1. The zero-order valence-electron chi connectivity index (χ0n) is 19.5. The van der Waals surface area contributed by atoms with E-state index in [1.807, 2.05) is 50.5 Å². The molecule has 0 radical (unpaired) electrons. The van der Waals surface area contributed by atoms with Crippen LogP contribution in [0, 0.1) is 5.92 Å². The minimum Gasteiger partial charge on any atom is -0.353 e. The summed E-state index contributed by atoms with van der Waals surface area (Å²) in [5.41, 5.74) is 4.35. The van der Waals surface area contributed by atoms with Gasteiger partial charge in [-0.2, -0.15) is 0 Å². The Balaban J connectivity index is 1.46. The summed E-state index contributed by atoms with van der Waals surface area (Å²) in [7, 11) is 0. The first-order valence-electron chi connectivity index (χ1n) is 11.5. The lowest BCUT2D eigenvalue weighted by atomic mass is 10.0. The summed E-state index contributed by atoms with van der Waals surface area (Å²) in [4.78, 5) is 30.4. The number of pyridine rings is 1. The molecule has 1 aliphatic rings. The summed E-state index contributed by atoms with van der Waals surface area (Å²) in [5, 5.41) is 6.07. The van der Waals surface area contributed by atoms with Crippen LogP contribution in [0.1, 0.15) is 19.7 Å². The molecule has 1 fully saturated rings. The third kappa shape index (κ3) is 5.45. The molecule has 4 aromatic rings. The molecule has 0 atom stereocenters. The Morgan fingerprint density at radius 1 is 1.11 bits per heavy atom. The number of carbonyl (C=O) groups is 1. The Hall–Kier alpha value is -3.47. The first kappa shape index (κ1) is 23.3. The molecule has 0 spiro atoms. The molecule has 2 N–H and O–H groups in total. The number of rotatable bonds is 6. The monoisotopic (exact) mass is 490 g/mol. The van der Waals surface area contributed by atoms with Gasteiger partial charge in [0.25, 0.3) is 0 Å². The number of urea groups is 1. The molecule has 3 aromatic heterocycles. The van der Waals surface area contributed by atoms with Crippen molar-refractivity contribution in [2.45, 2.75) is 26.6 Å². The number of nitrogens with one attached hydrogen (secondary N) is 2. The van der Waals surface area contributed by atoms with Crippen molar-refractivity contribution in [3.63, 3.8) is 0 Å². The zero-order chi connectivity index (χ0) is 24.2. The van der Waals surface area contributed by atoms with Crippen molar-refractivity contribution in [2.75, 3.05) is 25.1 Å². The van der Waals surface area contributed by atoms with Crippen molar-refractivity contribution in [3.05, 3.63) is 54.7 Å². The van der Waals surface area contributed by atoms with E-state index < -0.39 is 0 Å². The Morgan fingerprint density at radius 3 is 2.63 bits per heavy atom. The van der Waals surface area contributed by atoms with Gasteiger partial charge in [0.1, 0.15) is 5.82 Å². The maximum Gasteiger partial charge on any atom is 0.321 e. The standard InChI is InChI=1S/C25H26N6O3S/c1-3-26-24(32)31-25-30-21-10-17(9-19(23(21)35-25)20-6-4-5-7-27-20)18-11-28-22(29-12-18)8-16-13-33-15(2)34-14-16/h4-7,9-12,15-16H,3,8,13-14H2,1-2H3,(H2,26,30,31,32). The number of benzene rings is 1. The van der Waals surface area contributed by atoms with Crippen LogP contribution in [0.3, 0.4) is 0 Å². The fourth-order valence-electron chi connectivity index (χ4n) is 3.89. The number of thiazole rings is 1. The molecule has 1 aliphatic heterocycles. The summed E-state index contributed by atoms with van der Waals surface area (Å²) in [5.74, 6) is 1.00. The van der Waals surface area contributed by atoms with Crippen molar-refractivity contribution in [2.24, 2.45) is 5.92 Å². The lowest BCUT2D eigenvalue weighted by Crippen LogP contribution is -2.31. The molecule has 1 aromatic carbocycles. The molecule has 4 heterocycles. The van der Waals surface area contributed by atoms with E-state index in [4.69, 9.17) is 9.47 Å². The third-order valence-electron chi connectivity index (χ3n) is 5.63. The van der Waals surface area contributed by atoms with Crippen LogP contribution in [0.25, 0.3) is 32.6 Å². The van der Waals surface area contributed by atoms with E-state index in [2.05, 4.69) is 36.6 Å². The molecule has 9 nitrogen and oxygen atoms in total. The van der Waals surface area contributed by atoms with E-state index in [9.17, 15) is 4.79 Å². The van der Waals surface area contributed by atoms with Crippen LogP contribution < -0.4 is 10.6 Å². The molecular weight excluding hydrogens is 464 g/mol. The van der Waals surface area contributed by atoms with E-state index >= 15 is 0 Å². The number of hydrogen-bond donors (Lipinski definition) is 2. The Bertz CT molecular complexity index is 1300. The molecule has 2 amide bonds. The third-order valence-corrected chi connectivity index (χ3v) is 6.65. The number of hydrogen-bond acceptors (Lipinski definition) is 8. The van der Waals surface area contributed by atoms with Crippen molar-refractivity contribution >= 4 is 32.7 Å². The normalized spacial score (nSPS) is 17.9. The summed E-state index contributed by atoms with van der Waals surface area (Å²) >= 11 is 1.42. The summed E-state index contributed by atoms with van der Waals surface area (Å²) in [6.07, 6.45) is 5.98. The van der Waals surface area contributed by atoms with E-state index in [0.717, 1.165) is 38.4 Å². The van der Waals surface area contributed by atoms with Gasteiger partial charge in [0, 0.05) is 48.6 Å². The predicted octanol–water partition coefficient (Wildman–Crippen LogP) is 4.51. The second kappa shape index (κ2) is 10.4. The molecule has 1 saturated heterocycles. The minimum atomic E-state index is -0.279. The van der Waals surface area contributed by atoms with Crippen molar-refractivity contribution < 1.29 is 14.3 Å². The van der Waals surface area contributed by atoms with Crippen LogP contribution in [0.15, 0.2) is 48.9 Å². The fourth-order valence-corrected chi connectivity index (χ4v) is 4.86. The lowest BCUT2D eigenvalue weighted by Gasteiger charge is -2.26. The van der Waals surface area contributed by atoms with Crippen molar-refractivity contribution in [1.82, 2.24) is 25.3 Å². The molecule has 0 unspecified atom stereocenters. The highest BCUT2D eigenvalue weighted by molar-refractivity contribution is 7.22. The van der Waals surface area contributed by atoms with Crippen molar-refractivity contribution in [3.8, 4) is 22.4 Å². The van der Waals surface area contributed by atoms with Gasteiger partial charge in [-0.25, -0.2) is 19.7 Å². The molecule has 0 bridgehead atoms. The number of nitrogens with zero attached hydrogens (tertiary/aromatic N) is 4. The van der Waals surface area contributed by atoms with E-state index in [1.54, 1.807) is 6.20 Å². The first-order chi connectivity index (χ1) is 17.1. The van der Waals surface area contributed by atoms with Gasteiger partial charge in [-0.05, 0) is 43.7 Å². The smallest absolute Gasteiger partial charge is 0.321 e.